The quantitative estimate of drug-likeness (QED) is 0.701. The van der Waals surface area contributed by atoms with Crippen molar-refractivity contribution in [3.8, 4) is 5.75 Å². The van der Waals surface area contributed by atoms with Gasteiger partial charge in [-0.3, -0.25) is 4.98 Å². The first kappa shape index (κ1) is 16.2. The molecule has 0 N–H and O–H groups in total. The first-order valence-corrected chi connectivity index (χ1v) is 7.40. The molecule has 1 heterocycles. The molecule has 2 nitrogen and oxygen atoms in total. The number of nitrogens with zero attached hydrogens (tertiary/aromatic N) is 1. The maximum atomic E-state index is 5.79. The fourth-order valence-corrected chi connectivity index (χ4v) is 2.17. The van der Waals surface area contributed by atoms with Crippen molar-refractivity contribution in [3.63, 3.8) is 0 Å². The predicted octanol–water partition coefficient (Wildman–Crippen LogP) is 5.12. The molecule has 20 heavy (non-hydrogen) atoms. The van der Waals surface area contributed by atoms with Crippen LogP contribution < -0.4 is 4.74 Å². The molecular formula is C17H21NOS. The summed E-state index contributed by atoms with van der Waals surface area (Å²) in [6.45, 7) is 10.3. The van der Waals surface area contributed by atoms with E-state index in [-0.39, 0.29) is 0 Å². The molecule has 0 saturated carbocycles. The molecule has 0 aliphatic carbocycles. The molecule has 1 rings (SSSR count). The minimum Gasteiger partial charge on any atom is -0.489 e. The second-order valence-electron chi connectivity index (χ2n) is 4.07. The molecule has 1 aromatic heterocycles. The van der Waals surface area contributed by atoms with Crippen LogP contribution in [0.25, 0.3) is 6.08 Å². The zero-order valence-electron chi connectivity index (χ0n) is 12.3. The highest BCUT2D eigenvalue weighted by Crippen LogP contribution is 2.14. The monoisotopic (exact) mass is 287 g/mol. The lowest BCUT2D eigenvalue weighted by Crippen LogP contribution is -1.98. The molecule has 1 aromatic rings. The Morgan fingerprint density at radius 1 is 1.40 bits per heavy atom. The third-order valence-electron chi connectivity index (χ3n) is 2.63. The molecular weight excluding hydrogens is 266 g/mol. The molecule has 0 bridgehead atoms. The number of allylic oxidation sites excluding steroid dienone is 2. The summed E-state index contributed by atoms with van der Waals surface area (Å²) in [6, 6.07) is 3.82. The van der Waals surface area contributed by atoms with E-state index in [0.717, 1.165) is 21.9 Å². The molecule has 0 fully saturated rings. The van der Waals surface area contributed by atoms with Crippen molar-refractivity contribution in [1.29, 1.82) is 0 Å². The van der Waals surface area contributed by atoms with Gasteiger partial charge in [-0.2, -0.15) is 0 Å². The minimum absolute atomic E-state index is 0.552. The number of aryl methyl sites for hydroxylation is 1. The van der Waals surface area contributed by atoms with E-state index in [0.29, 0.717) is 6.61 Å². The van der Waals surface area contributed by atoms with E-state index < -0.39 is 0 Å². The van der Waals surface area contributed by atoms with Crippen LogP contribution in [0.5, 0.6) is 5.75 Å². The van der Waals surface area contributed by atoms with Gasteiger partial charge >= 0.3 is 0 Å². The van der Waals surface area contributed by atoms with Gasteiger partial charge in [0.2, 0.25) is 0 Å². The standard InChI is InChI=1S/C17H21NOS/c1-5-8-15(6-2)13-19-16-9-11-18-14(4)17(7-3)20-12-10-16/h5-12H,3,13H2,1-2,4H3/b8-5-,12-10?,15-6+,16-9?,17-14?,18-11?. The van der Waals surface area contributed by atoms with Crippen molar-refractivity contribution in [2.45, 2.75) is 20.8 Å². The van der Waals surface area contributed by atoms with Crippen LogP contribution in [0.15, 0.2) is 54.1 Å². The van der Waals surface area contributed by atoms with Crippen molar-refractivity contribution in [1.82, 2.24) is 4.98 Å². The summed E-state index contributed by atoms with van der Waals surface area (Å²) in [5, 5.41) is 1.99. The summed E-state index contributed by atoms with van der Waals surface area (Å²) in [5.41, 5.74) is 2.10. The van der Waals surface area contributed by atoms with Gasteiger partial charge in [-0.25, -0.2) is 0 Å². The van der Waals surface area contributed by atoms with Gasteiger partial charge < -0.3 is 4.74 Å². The number of hydrogen-bond donors (Lipinski definition) is 0. The van der Waals surface area contributed by atoms with E-state index in [4.69, 9.17) is 4.74 Å². The van der Waals surface area contributed by atoms with Crippen LogP contribution in [-0.2, 0) is 0 Å². The summed E-state index contributed by atoms with van der Waals surface area (Å²) in [4.78, 5) is 5.42. The summed E-state index contributed by atoms with van der Waals surface area (Å²) in [6.07, 6.45) is 9.67. The van der Waals surface area contributed by atoms with Gasteiger partial charge in [-0.15, -0.1) is 11.3 Å². The molecule has 106 valence electrons. The topological polar surface area (TPSA) is 22.1 Å². The third-order valence-corrected chi connectivity index (χ3v) is 3.62. The van der Waals surface area contributed by atoms with Crippen LogP contribution >= 0.6 is 11.3 Å². The fraction of sp³-hybridized carbons (Fsp3) is 0.235. The van der Waals surface area contributed by atoms with Gasteiger partial charge in [0.1, 0.15) is 12.4 Å². The maximum absolute atomic E-state index is 5.79. The van der Waals surface area contributed by atoms with Gasteiger partial charge in [0.15, 0.2) is 0 Å². The smallest absolute Gasteiger partial charge is 0.122 e. The maximum Gasteiger partial charge on any atom is 0.122 e. The van der Waals surface area contributed by atoms with Crippen LogP contribution in [0.1, 0.15) is 24.4 Å². The van der Waals surface area contributed by atoms with E-state index >= 15 is 0 Å². The predicted molar refractivity (Wildman–Crippen MR) is 88.6 cm³/mol. The van der Waals surface area contributed by atoms with Crippen LogP contribution in [0.3, 0.4) is 0 Å². The Hall–Kier alpha value is -1.87. The van der Waals surface area contributed by atoms with Crippen LogP contribution in [0.2, 0.25) is 0 Å². The lowest BCUT2D eigenvalue weighted by molar-refractivity contribution is 0.355. The summed E-state index contributed by atoms with van der Waals surface area (Å²) in [5.74, 6) is 0.795. The Morgan fingerprint density at radius 2 is 2.20 bits per heavy atom. The lowest BCUT2D eigenvalue weighted by atomic mass is 10.2. The fourth-order valence-electron chi connectivity index (χ4n) is 1.50. The Kier molecular flexibility index (Phi) is 7.36. The second-order valence-corrected chi connectivity index (χ2v) is 5.02. The lowest BCUT2D eigenvalue weighted by Gasteiger charge is -2.04. The highest BCUT2D eigenvalue weighted by Gasteiger charge is 1.94. The van der Waals surface area contributed by atoms with Crippen molar-refractivity contribution in [2.24, 2.45) is 0 Å². The van der Waals surface area contributed by atoms with Crippen molar-refractivity contribution in [3.05, 3.63) is 64.7 Å². The highest BCUT2D eigenvalue weighted by molar-refractivity contribution is 7.10. The third kappa shape index (κ3) is 5.41. The van der Waals surface area contributed by atoms with Gasteiger partial charge in [0.05, 0.1) is 5.69 Å². The Morgan fingerprint density at radius 3 is 2.85 bits per heavy atom. The molecule has 0 atom stereocenters. The molecule has 0 aliphatic rings. The molecule has 0 saturated heterocycles. The van der Waals surface area contributed by atoms with Gasteiger partial charge in [0.25, 0.3) is 0 Å². The molecule has 0 spiro atoms. The Balaban J connectivity index is 2.95. The summed E-state index contributed by atoms with van der Waals surface area (Å²) < 4.78 is 5.79. The van der Waals surface area contributed by atoms with Gasteiger partial charge in [0, 0.05) is 11.1 Å². The Bertz CT molecular complexity index is 554. The van der Waals surface area contributed by atoms with Crippen LogP contribution in [-0.4, -0.2) is 11.6 Å². The molecule has 0 aliphatic heterocycles. The second kappa shape index (κ2) is 9.10. The van der Waals surface area contributed by atoms with Crippen LogP contribution in [0.4, 0.5) is 0 Å². The highest BCUT2D eigenvalue weighted by atomic mass is 32.1. The average molecular weight is 287 g/mol. The van der Waals surface area contributed by atoms with Gasteiger partial charge in [-0.05, 0) is 43.9 Å². The normalized spacial score (nSPS) is 11.2. The van der Waals surface area contributed by atoms with E-state index in [2.05, 4.69) is 11.6 Å². The molecule has 3 heteroatoms. The average Bonchev–Trinajstić information content (AvgIpc) is 2.54. The van der Waals surface area contributed by atoms with E-state index in [9.17, 15) is 0 Å². The largest absolute Gasteiger partial charge is 0.489 e. The first-order valence-electron chi connectivity index (χ1n) is 6.52. The summed E-state index contributed by atoms with van der Waals surface area (Å²) >= 11 is 1.59. The molecule has 0 aromatic carbocycles. The molecule has 0 radical (unpaired) electrons. The van der Waals surface area contributed by atoms with E-state index in [1.807, 2.05) is 62.6 Å². The SMILES string of the molecule is C=Cc1sccc(OCC(/C=C\C)=C/C)ccnc1C. The Labute approximate surface area is 125 Å². The number of aromatic nitrogens is 1. The molecule has 0 unspecified atom stereocenters. The van der Waals surface area contributed by atoms with Gasteiger partial charge in [-0.1, -0.05) is 30.9 Å². The minimum atomic E-state index is 0.552. The zero-order chi connectivity index (χ0) is 14.8. The molecule has 0 amide bonds. The zero-order valence-corrected chi connectivity index (χ0v) is 13.1. The van der Waals surface area contributed by atoms with Crippen molar-refractivity contribution < 1.29 is 4.74 Å². The first-order chi connectivity index (χ1) is 9.71. The van der Waals surface area contributed by atoms with E-state index in [1.54, 1.807) is 17.5 Å². The number of ether oxygens (including phenoxy) is 1. The summed E-state index contributed by atoms with van der Waals surface area (Å²) in [7, 11) is 0. The number of hydrogen-bond acceptors (Lipinski definition) is 3. The van der Waals surface area contributed by atoms with E-state index in [1.165, 1.54) is 0 Å². The number of rotatable bonds is 5. The van der Waals surface area contributed by atoms with Crippen molar-refractivity contribution >= 4 is 17.4 Å². The van der Waals surface area contributed by atoms with Crippen molar-refractivity contribution in [2.75, 3.05) is 6.61 Å². The van der Waals surface area contributed by atoms with Crippen LogP contribution in [0, 0.1) is 6.92 Å².